The Morgan fingerprint density at radius 2 is 2.04 bits per heavy atom. The second kappa shape index (κ2) is 7.38. The van der Waals surface area contributed by atoms with Crippen LogP contribution >= 0.6 is 27.3 Å². The summed E-state index contributed by atoms with van der Waals surface area (Å²) in [6, 6.07) is 9.59. The van der Waals surface area contributed by atoms with Crippen molar-refractivity contribution >= 4 is 53.4 Å². The van der Waals surface area contributed by atoms with Crippen molar-refractivity contribution in [2.75, 3.05) is 19.0 Å². The lowest BCUT2D eigenvalue weighted by Crippen LogP contribution is -2.21. The lowest BCUT2D eigenvalue weighted by molar-refractivity contribution is 0.190. The zero-order valence-electron chi connectivity index (χ0n) is 14.8. The van der Waals surface area contributed by atoms with E-state index in [9.17, 15) is 4.79 Å². The van der Waals surface area contributed by atoms with Gasteiger partial charge in [-0.25, -0.2) is 9.97 Å². The first kappa shape index (κ1) is 18.1. The summed E-state index contributed by atoms with van der Waals surface area (Å²) in [5.74, 6) is 0. The molecule has 1 atom stereocenters. The van der Waals surface area contributed by atoms with Gasteiger partial charge in [0.25, 0.3) is 5.56 Å². The normalized spacial score (nSPS) is 12.6. The summed E-state index contributed by atoms with van der Waals surface area (Å²) in [7, 11) is 1.67. The van der Waals surface area contributed by atoms with Gasteiger partial charge in [-0.3, -0.25) is 9.36 Å². The molecule has 0 unspecified atom stereocenters. The van der Waals surface area contributed by atoms with Gasteiger partial charge in [-0.2, -0.15) is 0 Å². The van der Waals surface area contributed by atoms with E-state index in [4.69, 9.17) is 4.74 Å². The first-order valence-electron chi connectivity index (χ1n) is 8.38. The molecule has 3 aromatic heterocycles. The molecule has 0 fully saturated rings. The SMILES string of the molecule is COC[C@H](C)Nc1ccnc2sc3c(=O)n(-c4ccc(Br)cc4)cnc3c12. The van der Waals surface area contributed by atoms with Crippen molar-refractivity contribution in [2.24, 2.45) is 0 Å². The third-order valence-electron chi connectivity index (χ3n) is 4.21. The number of thiophene rings is 1. The van der Waals surface area contributed by atoms with E-state index in [-0.39, 0.29) is 11.6 Å². The van der Waals surface area contributed by atoms with E-state index in [1.165, 1.54) is 11.3 Å². The highest BCUT2D eigenvalue weighted by Crippen LogP contribution is 2.34. The van der Waals surface area contributed by atoms with Crippen LogP contribution in [0.5, 0.6) is 0 Å². The molecule has 0 radical (unpaired) electrons. The summed E-state index contributed by atoms with van der Waals surface area (Å²) < 4.78 is 8.31. The third kappa shape index (κ3) is 3.36. The summed E-state index contributed by atoms with van der Waals surface area (Å²) in [6.45, 7) is 2.62. The number of benzene rings is 1. The maximum atomic E-state index is 13.1. The number of pyridine rings is 1. The Hall–Kier alpha value is -2.29. The molecule has 6 nitrogen and oxygen atoms in total. The van der Waals surface area contributed by atoms with Crippen molar-refractivity contribution in [3.8, 4) is 5.69 Å². The van der Waals surface area contributed by atoms with Gasteiger partial charge in [-0.05, 0) is 37.3 Å². The maximum absolute atomic E-state index is 13.1. The number of aromatic nitrogens is 3. The first-order valence-corrected chi connectivity index (χ1v) is 9.99. The molecule has 0 bridgehead atoms. The van der Waals surface area contributed by atoms with Crippen LogP contribution in [0.4, 0.5) is 5.69 Å². The highest BCUT2D eigenvalue weighted by Gasteiger charge is 2.17. The summed E-state index contributed by atoms with van der Waals surface area (Å²) in [6.07, 6.45) is 3.32. The van der Waals surface area contributed by atoms with Gasteiger partial charge in [0, 0.05) is 29.5 Å². The van der Waals surface area contributed by atoms with Crippen LogP contribution in [0.3, 0.4) is 0 Å². The summed E-state index contributed by atoms with van der Waals surface area (Å²) in [5.41, 5.74) is 2.26. The van der Waals surface area contributed by atoms with Crippen molar-refractivity contribution in [1.82, 2.24) is 14.5 Å². The number of fused-ring (bicyclic) bond motifs is 3. The second-order valence-corrected chi connectivity index (χ2v) is 8.13. The minimum Gasteiger partial charge on any atom is -0.383 e. The number of ether oxygens (including phenoxy) is 1. The number of hydrogen-bond donors (Lipinski definition) is 1. The number of hydrogen-bond acceptors (Lipinski definition) is 6. The fourth-order valence-corrected chi connectivity index (χ4v) is 4.33. The van der Waals surface area contributed by atoms with Gasteiger partial charge in [0.2, 0.25) is 0 Å². The summed E-state index contributed by atoms with van der Waals surface area (Å²) in [4.78, 5) is 22.9. The van der Waals surface area contributed by atoms with Crippen molar-refractivity contribution in [1.29, 1.82) is 0 Å². The second-order valence-electron chi connectivity index (χ2n) is 6.22. The van der Waals surface area contributed by atoms with Crippen LogP contribution in [0.15, 0.2) is 52.1 Å². The topological polar surface area (TPSA) is 69.0 Å². The fourth-order valence-electron chi connectivity index (χ4n) is 3.02. The van der Waals surface area contributed by atoms with Crippen LogP contribution in [-0.2, 0) is 4.74 Å². The van der Waals surface area contributed by atoms with Crippen LogP contribution in [-0.4, -0.2) is 34.3 Å². The largest absolute Gasteiger partial charge is 0.383 e. The minimum atomic E-state index is -0.0961. The molecule has 0 aliphatic rings. The van der Waals surface area contributed by atoms with Crippen LogP contribution in [0.2, 0.25) is 0 Å². The van der Waals surface area contributed by atoms with Crippen LogP contribution in [0.25, 0.3) is 26.1 Å². The van der Waals surface area contributed by atoms with E-state index in [2.05, 4.69) is 31.2 Å². The van der Waals surface area contributed by atoms with Crippen molar-refractivity contribution in [3.63, 3.8) is 0 Å². The summed E-state index contributed by atoms with van der Waals surface area (Å²) >= 11 is 4.78. The molecule has 0 spiro atoms. The van der Waals surface area contributed by atoms with E-state index < -0.39 is 0 Å². The summed E-state index contributed by atoms with van der Waals surface area (Å²) in [5, 5.41) is 4.30. The number of rotatable bonds is 5. The van der Waals surface area contributed by atoms with E-state index in [0.29, 0.717) is 16.8 Å². The predicted octanol–water partition coefficient (Wildman–Crippen LogP) is 4.20. The third-order valence-corrected chi connectivity index (χ3v) is 5.81. The number of nitrogens with zero attached hydrogens (tertiary/aromatic N) is 3. The van der Waals surface area contributed by atoms with Gasteiger partial charge >= 0.3 is 0 Å². The highest BCUT2D eigenvalue weighted by molar-refractivity contribution is 9.10. The average molecular weight is 445 g/mol. The Balaban J connectivity index is 1.88. The Morgan fingerprint density at radius 1 is 1.26 bits per heavy atom. The van der Waals surface area contributed by atoms with E-state index >= 15 is 0 Å². The van der Waals surface area contributed by atoms with Crippen molar-refractivity contribution in [2.45, 2.75) is 13.0 Å². The van der Waals surface area contributed by atoms with E-state index in [1.54, 1.807) is 24.2 Å². The predicted molar refractivity (Wildman–Crippen MR) is 113 cm³/mol. The molecule has 0 aliphatic heterocycles. The Labute approximate surface area is 168 Å². The molecule has 0 amide bonds. The molecule has 3 heterocycles. The lowest BCUT2D eigenvalue weighted by atomic mass is 10.2. The fraction of sp³-hybridized carbons (Fsp3) is 0.211. The molecule has 27 heavy (non-hydrogen) atoms. The molecule has 138 valence electrons. The molecule has 0 aliphatic carbocycles. The molecule has 0 saturated heterocycles. The van der Waals surface area contributed by atoms with E-state index in [0.717, 1.165) is 26.1 Å². The van der Waals surface area contributed by atoms with Crippen LogP contribution in [0, 0.1) is 0 Å². The average Bonchev–Trinajstić information content (AvgIpc) is 3.04. The van der Waals surface area contributed by atoms with E-state index in [1.807, 2.05) is 37.3 Å². The van der Waals surface area contributed by atoms with Gasteiger partial charge in [-0.1, -0.05) is 15.9 Å². The standard InChI is InChI=1S/C19H17BrN4O2S/c1-11(9-26-2)23-14-7-8-21-18-15(14)16-17(27-18)19(25)24(10-22-16)13-5-3-12(20)4-6-13/h3-8,10-11H,9H2,1-2H3,(H,21,23)/t11-/m0/s1. The van der Waals surface area contributed by atoms with Crippen LogP contribution < -0.4 is 10.9 Å². The molecule has 8 heteroatoms. The van der Waals surface area contributed by atoms with Gasteiger partial charge in [0.05, 0.1) is 23.2 Å². The lowest BCUT2D eigenvalue weighted by Gasteiger charge is -2.14. The minimum absolute atomic E-state index is 0.0961. The number of anilines is 1. The van der Waals surface area contributed by atoms with Crippen molar-refractivity contribution < 1.29 is 4.74 Å². The Morgan fingerprint density at radius 3 is 2.78 bits per heavy atom. The van der Waals surface area contributed by atoms with Gasteiger partial charge < -0.3 is 10.1 Å². The monoisotopic (exact) mass is 444 g/mol. The Bertz CT molecular complexity index is 1170. The Kier molecular flexibility index (Phi) is 4.94. The quantitative estimate of drug-likeness (QED) is 0.499. The number of halogens is 1. The maximum Gasteiger partial charge on any atom is 0.275 e. The highest BCUT2D eigenvalue weighted by atomic mass is 79.9. The smallest absolute Gasteiger partial charge is 0.275 e. The molecule has 4 rings (SSSR count). The molecule has 4 aromatic rings. The zero-order valence-corrected chi connectivity index (χ0v) is 17.2. The molecule has 1 N–H and O–H groups in total. The van der Waals surface area contributed by atoms with Gasteiger partial charge in [-0.15, -0.1) is 11.3 Å². The van der Waals surface area contributed by atoms with Gasteiger partial charge in [0.15, 0.2) is 0 Å². The number of nitrogens with one attached hydrogen (secondary N) is 1. The molecular formula is C19H17BrN4O2S. The number of methoxy groups -OCH3 is 1. The zero-order chi connectivity index (χ0) is 19.0. The molecule has 0 saturated carbocycles. The first-order chi connectivity index (χ1) is 13.1. The van der Waals surface area contributed by atoms with Crippen molar-refractivity contribution in [3.05, 3.63) is 57.7 Å². The molecular weight excluding hydrogens is 428 g/mol. The van der Waals surface area contributed by atoms with Gasteiger partial charge in [0.1, 0.15) is 15.9 Å². The molecule has 1 aromatic carbocycles. The van der Waals surface area contributed by atoms with Crippen LogP contribution in [0.1, 0.15) is 6.92 Å².